The number of halogens is 3. The standard InChI is InChI=1S/C9H15F3N4O/c1-3-17-5-4-16-8(9(10,11)12)7(6-13-2)14-15-16/h13H,3-6H2,1-2H3. The first-order valence-corrected chi connectivity index (χ1v) is 5.22. The van der Waals surface area contributed by atoms with Gasteiger partial charge in [-0.25, -0.2) is 4.68 Å². The second-order valence-corrected chi connectivity index (χ2v) is 3.33. The summed E-state index contributed by atoms with van der Waals surface area (Å²) >= 11 is 0. The fourth-order valence-corrected chi connectivity index (χ4v) is 1.40. The minimum Gasteiger partial charge on any atom is -0.380 e. The number of rotatable bonds is 6. The van der Waals surface area contributed by atoms with Crippen molar-refractivity contribution in [3.8, 4) is 0 Å². The lowest BCUT2D eigenvalue weighted by atomic mass is 10.3. The lowest BCUT2D eigenvalue weighted by Crippen LogP contribution is -2.20. The Kier molecular flexibility index (Phi) is 4.88. The van der Waals surface area contributed by atoms with Crippen molar-refractivity contribution in [2.24, 2.45) is 0 Å². The maximum atomic E-state index is 12.8. The van der Waals surface area contributed by atoms with Gasteiger partial charge in [0.05, 0.1) is 13.2 Å². The van der Waals surface area contributed by atoms with Crippen LogP contribution in [-0.2, 0) is 24.0 Å². The van der Waals surface area contributed by atoms with Gasteiger partial charge in [0, 0.05) is 13.2 Å². The summed E-state index contributed by atoms with van der Waals surface area (Å²) in [5.41, 5.74) is -0.914. The molecule has 8 heteroatoms. The van der Waals surface area contributed by atoms with Gasteiger partial charge in [-0.15, -0.1) is 5.10 Å². The summed E-state index contributed by atoms with van der Waals surface area (Å²) in [5.74, 6) is 0. The zero-order valence-corrected chi connectivity index (χ0v) is 9.71. The van der Waals surface area contributed by atoms with Gasteiger partial charge in [0.25, 0.3) is 0 Å². The average molecular weight is 252 g/mol. The molecule has 1 heterocycles. The average Bonchev–Trinajstić information content (AvgIpc) is 2.62. The van der Waals surface area contributed by atoms with E-state index in [0.717, 1.165) is 4.68 Å². The van der Waals surface area contributed by atoms with Gasteiger partial charge in [0.1, 0.15) is 5.69 Å². The topological polar surface area (TPSA) is 52.0 Å². The molecule has 0 aromatic carbocycles. The molecule has 0 aliphatic heterocycles. The monoisotopic (exact) mass is 252 g/mol. The Morgan fingerprint density at radius 2 is 2.12 bits per heavy atom. The molecule has 0 aliphatic carbocycles. The van der Waals surface area contributed by atoms with Gasteiger partial charge in [0.15, 0.2) is 5.69 Å². The molecule has 1 N–H and O–H groups in total. The number of aromatic nitrogens is 3. The third kappa shape index (κ3) is 3.67. The predicted octanol–water partition coefficient (Wildman–Crippen LogP) is 1.05. The van der Waals surface area contributed by atoms with Gasteiger partial charge < -0.3 is 10.1 Å². The summed E-state index contributed by atoms with van der Waals surface area (Å²) in [6.45, 7) is 2.49. The highest BCUT2D eigenvalue weighted by Gasteiger charge is 2.38. The van der Waals surface area contributed by atoms with E-state index in [1.807, 2.05) is 0 Å². The number of nitrogens with zero attached hydrogens (tertiary/aromatic N) is 3. The molecule has 0 saturated heterocycles. The lowest BCUT2D eigenvalue weighted by Gasteiger charge is -2.10. The van der Waals surface area contributed by atoms with Gasteiger partial charge >= 0.3 is 6.18 Å². The van der Waals surface area contributed by atoms with Crippen molar-refractivity contribution < 1.29 is 17.9 Å². The second kappa shape index (κ2) is 5.97. The van der Waals surface area contributed by atoms with Crippen LogP contribution < -0.4 is 5.32 Å². The first-order chi connectivity index (χ1) is 8.00. The van der Waals surface area contributed by atoms with Crippen molar-refractivity contribution in [2.75, 3.05) is 20.3 Å². The molecule has 0 radical (unpaired) electrons. The molecule has 0 atom stereocenters. The number of hydrogen-bond donors (Lipinski definition) is 1. The molecule has 0 spiro atoms. The maximum absolute atomic E-state index is 12.8. The smallest absolute Gasteiger partial charge is 0.380 e. The molecule has 0 aliphatic rings. The summed E-state index contributed by atoms with van der Waals surface area (Å²) < 4.78 is 44.3. The number of nitrogens with one attached hydrogen (secondary N) is 1. The fourth-order valence-electron chi connectivity index (χ4n) is 1.40. The minimum atomic E-state index is -4.46. The van der Waals surface area contributed by atoms with E-state index < -0.39 is 11.9 Å². The molecule has 0 unspecified atom stereocenters. The molecular formula is C9H15F3N4O. The summed E-state index contributed by atoms with van der Waals surface area (Å²) in [7, 11) is 1.55. The zero-order chi connectivity index (χ0) is 12.9. The van der Waals surface area contributed by atoms with E-state index in [1.165, 1.54) is 0 Å². The van der Waals surface area contributed by atoms with Crippen molar-refractivity contribution in [3.05, 3.63) is 11.4 Å². The molecule has 0 saturated carbocycles. The van der Waals surface area contributed by atoms with Crippen LogP contribution in [0.15, 0.2) is 0 Å². The molecule has 0 bridgehead atoms. The molecule has 1 aromatic rings. The first kappa shape index (κ1) is 13.9. The van der Waals surface area contributed by atoms with E-state index in [2.05, 4.69) is 15.6 Å². The second-order valence-electron chi connectivity index (χ2n) is 3.33. The Balaban J connectivity index is 2.89. The number of alkyl halides is 3. The van der Waals surface area contributed by atoms with Crippen molar-refractivity contribution in [3.63, 3.8) is 0 Å². The van der Waals surface area contributed by atoms with Crippen LogP contribution in [0.3, 0.4) is 0 Å². The molecule has 0 amide bonds. The van der Waals surface area contributed by atoms with Crippen LogP contribution in [0.1, 0.15) is 18.3 Å². The molecule has 98 valence electrons. The van der Waals surface area contributed by atoms with E-state index in [4.69, 9.17) is 4.74 Å². The van der Waals surface area contributed by atoms with E-state index in [9.17, 15) is 13.2 Å². The van der Waals surface area contributed by atoms with E-state index >= 15 is 0 Å². The predicted molar refractivity (Wildman–Crippen MR) is 54.3 cm³/mol. The van der Waals surface area contributed by atoms with Gasteiger partial charge in [-0.3, -0.25) is 0 Å². The largest absolute Gasteiger partial charge is 0.434 e. The van der Waals surface area contributed by atoms with E-state index in [0.29, 0.717) is 6.61 Å². The van der Waals surface area contributed by atoms with Crippen LogP contribution in [0.4, 0.5) is 13.2 Å². The highest BCUT2D eigenvalue weighted by Crippen LogP contribution is 2.30. The van der Waals surface area contributed by atoms with Crippen molar-refractivity contribution in [1.29, 1.82) is 0 Å². The van der Waals surface area contributed by atoms with E-state index in [1.54, 1.807) is 14.0 Å². The van der Waals surface area contributed by atoms with Gasteiger partial charge in [-0.05, 0) is 14.0 Å². The Morgan fingerprint density at radius 1 is 1.41 bits per heavy atom. The molecular weight excluding hydrogens is 237 g/mol. The third-order valence-electron chi connectivity index (χ3n) is 2.07. The normalized spacial score (nSPS) is 12.1. The van der Waals surface area contributed by atoms with Crippen LogP contribution in [-0.4, -0.2) is 35.3 Å². The lowest BCUT2D eigenvalue weighted by molar-refractivity contribution is -0.145. The van der Waals surface area contributed by atoms with Crippen molar-refractivity contribution in [1.82, 2.24) is 20.3 Å². The van der Waals surface area contributed by atoms with Crippen LogP contribution >= 0.6 is 0 Å². The summed E-state index contributed by atoms with van der Waals surface area (Å²) in [6.07, 6.45) is -4.46. The molecule has 17 heavy (non-hydrogen) atoms. The molecule has 1 aromatic heterocycles. The molecule has 0 fully saturated rings. The Labute approximate surface area is 96.9 Å². The third-order valence-corrected chi connectivity index (χ3v) is 2.07. The summed E-state index contributed by atoms with van der Waals surface area (Å²) in [4.78, 5) is 0. The fraction of sp³-hybridized carbons (Fsp3) is 0.778. The SMILES string of the molecule is CCOCCn1nnc(CNC)c1C(F)(F)F. The maximum Gasteiger partial charge on any atom is 0.434 e. The number of hydrogen-bond acceptors (Lipinski definition) is 4. The molecule has 1 rings (SSSR count). The van der Waals surface area contributed by atoms with Gasteiger partial charge in [0.2, 0.25) is 0 Å². The summed E-state index contributed by atoms with van der Waals surface area (Å²) in [5, 5.41) is 9.66. The Hall–Kier alpha value is -1.15. The van der Waals surface area contributed by atoms with Crippen LogP contribution in [0.25, 0.3) is 0 Å². The van der Waals surface area contributed by atoms with Crippen molar-refractivity contribution >= 4 is 0 Å². The highest BCUT2D eigenvalue weighted by molar-refractivity contribution is 5.13. The minimum absolute atomic E-state index is 0.0312. The van der Waals surface area contributed by atoms with Gasteiger partial charge in [-0.1, -0.05) is 5.21 Å². The van der Waals surface area contributed by atoms with Gasteiger partial charge in [-0.2, -0.15) is 13.2 Å². The number of ether oxygens (including phenoxy) is 1. The summed E-state index contributed by atoms with van der Waals surface area (Å²) in [6, 6.07) is 0. The first-order valence-electron chi connectivity index (χ1n) is 5.22. The van der Waals surface area contributed by atoms with E-state index in [-0.39, 0.29) is 25.4 Å². The van der Waals surface area contributed by atoms with Crippen LogP contribution in [0.5, 0.6) is 0 Å². The van der Waals surface area contributed by atoms with Crippen molar-refractivity contribution in [2.45, 2.75) is 26.2 Å². The van der Waals surface area contributed by atoms with Crippen LogP contribution in [0.2, 0.25) is 0 Å². The zero-order valence-electron chi connectivity index (χ0n) is 9.71. The highest BCUT2D eigenvalue weighted by atomic mass is 19.4. The van der Waals surface area contributed by atoms with Crippen LogP contribution in [0, 0.1) is 0 Å². The molecule has 5 nitrogen and oxygen atoms in total. The Bertz CT molecular complexity index is 351. The Morgan fingerprint density at radius 3 is 2.65 bits per heavy atom. The quantitative estimate of drug-likeness (QED) is 0.769.